The summed E-state index contributed by atoms with van der Waals surface area (Å²) in [6.07, 6.45) is 21.7. The van der Waals surface area contributed by atoms with Gasteiger partial charge < -0.3 is 0 Å². The van der Waals surface area contributed by atoms with Gasteiger partial charge in [0.15, 0.2) is 0 Å². The maximum absolute atomic E-state index is 5.85. The van der Waals surface area contributed by atoms with Crippen LogP contribution in [0.3, 0.4) is 0 Å². The molecule has 0 nitrogen and oxygen atoms in total. The van der Waals surface area contributed by atoms with Gasteiger partial charge in [0.05, 0.1) is 0 Å². The van der Waals surface area contributed by atoms with Crippen molar-refractivity contribution >= 4 is 12.2 Å². The Labute approximate surface area is 149 Å². The van der Waals surface area contributed by atoms with Crippen LogP contribution in [0.1, 0.15) is 35.1 Å². The van der Waals surface area contributed by atoms with Crippen molar-refractivity contribution in [3.63, 3.8) is 0 Å². The first-order valence-corrected chi connectivity index (χ1v) is 8.21. The number of benzene rings is 2. The highest BCUT2D eigenvalue weighted by molar-refractivity contribution is 5.85. The van der Waals surface area contributed by atoms with Crippen LogP contribution in [0.5, 0.6) is 0 Å². The van der Waals surface area contributed by atoms with Crippen LogP contribution >= 0.6 is 0 Å². The molecule has 2 bridgehead atoms. The van der Waals surface area contributed by atoms with Crippen LogP contribution in [0.25, 0.3) is 23.3 Å². The molecule has 2 aromatic rings. The first-order valence-electron chi connectivity index (χ1n) is 8.21. The van der Waals surface area contributed by atoms with Gasteiger partial charge in [0.25, 0.3) is 0 Å². The minimum Gasteiger partial charge on any atom is -0.125 e. The van der Waals surface area contributed by atoms with Crippen molar-refractivity contribution in [1.82, 2.24) is 0 Å². The number of fused-ring (bicyclic) bond motifs is 4. The van der Waals surface area contributed by atoms with E-state index in [-0.39, 0.29) is 0 Å². The lowest BCUT2D eigenvalue weighted by Gasteiger charge is -2.13. The van der Waals surface area contributed by atoms with E-state index in [1.807, 2.05) is 30.3 Å². The first kappa shape index (κ1) is 16.4. The molecule has 0 saturated heterocycles. The maximum Gasteiger partial charge on any atom is 0.0393 e. The molecule has 0 aromatic heterocycles. The number of hydrogen-bond donors (Lipinski definition) is 0. The molecule has 0 unspecified atom stereocenters. The highest BCUT2D eigenvalue weighted by atomic mass is 14.1. The minimum absolute atomic E-state index is 0.845. The predicted octanol–water partition coefficient (Wildman–Crippen LogP) is 5.85. The Morgan fingerprint density at radius 2 is 1.68 bits per heavy atom. The molecule has 3 rings (SSSR count). The van der Waals surface area contributed by atoms with Crippen LogP contribution in [0, 0.1) is 24.7 Å². The van der Waals surface area contributed by atoms with Crippen LogP contribution in [-0.4, -0.2) is 0 Å². The van der Waals surface area contributed by atoms with Gasteiger partial charge in [-0.1, -0.05) is 73.1 Å². The second-order valence-corrected chi connectivity index (χ2v) is 5.80. The van der Waals surface area contributed by atoms with Crippen molar-refractivity contribution in [1.29, 1.82) is 0 Å². The Balaban J connectivity index is 2.38. The lowest BCUT2D eigenvalue weighted by molar-refractivity contribution is 1.02. The highest BCUT2D eigenvalue weighted by Gasteiger charge is 2.12. The van der Waals surface area contributed by atoms with Crippen molar-refractivity contribution in [3.05, 3.63) is 88.7 Å². The topological polar surface area (TPSA) is 0 Å². The number of rotatable bonds is 0. The van der Waals surface area contributed by atoms with E-state index in [0.29, 0.717) is 0 Å². The molecule has 0 aliphatic heterocycles. The van der Waals surface area contributed by atoms with Gasteiger partial charge >= 0.3 is 0 Å². The van der Waals surface area contributed by atoms with Crippen molar-refractivity contribution in [2.24, 2.45) is 0 Å². The quantitative estimate of drug-likeness (QED) is 0.422. The number of allylic oxidation sites excluding steroid dienone is 3. The third kappa shape index (κ3) is 3.27. The molecule has 0 amide bonds. The summed E-state index contributed by atoms with van der Waals surface area (Å²) in [5.74, 6) is 5.65. The fourth-order valence-electron chi connectivity index (χ4n) is 3.06. The largest absolute Gasteiger partial charge is 0.125 e. The SMILES string of the molecule is C#Cc1cccc2c1/C=C/C(=C=C)CC/C=C\c1cccc-2c1C#C. The van der Waals surface area contributed by atoms with E-state index in [1.165, 1.54) is 0 Å². The summed E-state index contributed by atoms with van der Waals surface area (Å²) in [7, 11) is 0. The molecule has 118 valence electrons. The van der Waals surface area contributed by atoms with Gasteiger partial charge in [-0.15, -0.1) is 18.6 Å². The third-order valence-corrected chi connectivity index (χ3v) is 4.35. The van der Waals surface area contributed by atoms with E-state index in [0.717, 1.165) is 51.8 Å². The Morgan fingerprint density at radius 1 is 0.880 bits per heavy atom. The summed E-state index contributed by atoms with van der Waals surface area (Å²) in [4.78, 5) is 0. The van der Waals surface area contributed by atoms with E-state index in [2.05, 4.69) is 54.5 Å². The molecule has 1 aliphatic rings. The molecule has 25 heavy (non-hydrogen) atoms. The molecule has 2 aromatic carbocycles. The van der Waals surface area contributed by atoms with Gasteiger partial charge in [0.1, 0.15) is 0 Å². The van der Waals surface area contributed by atoms with Gasteiger partial charge in [0.2, 0.25) is 0 Å². The second-order valence-electron chi connectivity index (χ2n) is 5.80. The Hall–Kier alpha value is -3.44. The zero-order valence-corrected chi connectivity index (χ0v) is 14.0. The second kappa shape index (κ2) is 7.42. The molecule has 0 atom stereocenters. The molecule has 0 saturated carbocycles. The molecular formula is C25H18. The highest BCUT2D eigenvalue weighted by Crippen LogP contribution is 2.32. The zero-order chi connectivity index (χ0) is 17.6. The smallest absolute Gasteiger partial charge is 0.0393 e. The van der Waals surface area contributed by atoms with E-state index >= 15 is 0 Å². The third-order valence-electron chi connectivity index (χ3n) is 4.35. The monoisotopic (exact) mass is 318 g/mol. The van der Waals surface area contributed by atoms with Gasteiger partial charge in [-0.05, 0) is 46.7 Å². The molecule has 1 aliphatic carbocycles. The Morgan fingerprint density at radius 3 is 2.44 bits per heavy atom. The average Bonchev–Trinajstić information content (AvgIpc) is 2.66. The van der Waals surface area contributed by atoms with Crippen LogP contribution in [0.4, 0.5) is 0 Å². The standard InChI is InChI=1S/C25H18/c1-4-19-11-7-8-12-21-14-10-15-24(22(21)6-3)25-16-9-13-20(5-2)23(25)18-17-19/h2-3,8-10,12-18H,1,7,11H2/b12-8-,18-17+. The van der Waals surface area contributed by atoms with Crippen molar-refractivity contribution in [2.45, 2.75) is 12.8 Å². The molecule has 0 N–H and O–H groups in total. The summed E-state index contributed by atoms with van der Waals surface area (Å²) >= 11 is 0. The molecule has 0 fully saturated rings. The summed E-state index contributed by atoms with van der Waals surface area (Å²) in [6, 6.07) is 12.1. The molecule has 0 heterocycles. The molecule has 0 heteroatoms. The summed E-state index contributed by atoms with van der Waals surface area (Å²) in [5, 5.41) is 0. The van der Waals surface area contributed by atoms with Crippen LogP contribution in [0.15, 0.2) is 66.4 Å². The number of terminal acetylenes is 2. The lowest BCUT2D eigenvalue weighted by Crippen LogP contribution is -1.94. The average molecular weight is 318 g/mol. The lowest BCUT2D eigenvalue weighted by atomic mass is 9.89. The summed E-state index contributed by atoms with van der Waals surface area (Å²) in [6.45, 7) is 3.80. The van der Waals surface area contributed by atoms with E-state index in [4.69, 9.17) is 12.8 Å². The van der Waals surface area contributed by atoms with Crippen molar-refractivity contribution in [3.8, 4) is 35.8 Å². The van der Waals surface area contributed by atoms with Gasteiger partial charge in [-0.2, -0.15) is 0 Å². The minimum atomic E-state index is 0.845. The summed E-state index contributed by atoms with van der Waals surface area (Å²) < 4.78 is 0. The predicted molar refractivity (Wildman–Crippen MR) is 108 cm³/mol. The maximum atomic E-state index is 5.85. The fourth-order valence-corrected chi connectivity index (χ4v) is 3.06. The van der Waals surface area contributed by atoms with Gasteiger partial charge in [-0.25, -0.2) is 0 Å². The Kier molecular flexibility index (Phi) is 4.87. The normalized spacial score (nSPS) is 15.4. The fraction of sp³-hybridized carbons (Fsp3) is 0.0800. The Bertz CT molecular complexity index is 1010. The first-order chi connectivity index (χ1) is 12.3. The van der Waals surface area contributed by atoms with Gasteiger partial charge in [-0.3, -0.25) is 0 Å². The molecular weight excluding hydrogens is 300 g/mol. The zero-order valence-electron chi connectivity index (χ0n) is 14.0. The molecule has 0 radical (unpaired) electrons. The van der Waals surface area contributed by atoms with Crippen molar-refractivity contribution in [2.75, 3.05) is 0 Å². The van der Waals surface area contributed by atoms with Crippen LogP contribution in [0.2, 0.25) is 0 Å². The van der Waals surface area contributed by atoms with Crippen molar-refractivity contribution < 1.29 is 0 Å². The van der Waals surface area contributed by atoms with E-state index in [9.17, 15) is 0 Å². The number of hydrogen-bond acceptors (Lipinski definition) is 0. The van der Waals surface area contributed by atoms with E-state index < -0.39 is 0 Å². The van der Waals surface area contributed by atoms with Gasteiger partial charge in [0, 0.05) is 11.1 Å². The van der Waals surface area contributed by atoms with E-state index in [1.54, 1.807) is 0 Å². The summed E-state index contributed by atoms with van der Waals surface area (Å²) in [5.41, 5.74) is 9.92. The van der Waals surface area contributed by atoms with Crippen LogP contribution < -0.4 is 0 Å². The molecule has 0 spiro atoms. The van der Waals surface area contributed by atoms with Crippen LogP contribution in [-0.2, 0) is 0 Å².